The Morgan fingerprint density at radius 2 is 0.700 bits per heavy atom. The molecule has 0 atom stereocenters. The zero-order valence-corrected chi connectivity index (χ0v) is 21.1. The second kappa shape index (κ2) is 15.5. The summed E-state index contributed by atoms with van der Waals surface area (Å²) in [4.78, 5) is 0. The van der Waals surface area contributed by atoms with E-state index in [0.29, 0.717) is 11.8 Å². The molecule has 0 amide bonds. The molecule has 0 saturated heterocycles. The zero-order chi connectivity index (χ0) is 23.1. The highest BCUT2D eigenvalue weighted by atomic mass is 14.1. The summed E-state index contributed by atoms with van der Waals surface area (Å²) in [5.41, 5.74) is 7.88. The lowest BCUT2D eigenvalue weighted by Crippen LogP contribution is -1.88. The summed E-state index contributed by atoms with van der Waals surface area (Å²) < 4.78 is 0. The van der Waals surface area contributed by atoms with Crippen molar-refractivity contribution in [3.63, 3.8) is 0 Å². The summed E-state index contributed by atoms with van der Waals surface area (Å²) in [6.45, 7) is 20.9. The standard InChI is InChI=1S/C24H26.3C2H6/c1-17(2)19-8-12-21(13-9-19)23-6-5-7-24(16-23)22-14-10-20(11-15-22)18(3)4;3*1-2/h5-18H,1-4H3;3*1-2H3. The Kier molecular flexibility index (Phi) is 14.3. The van der Waals surface area contributed by atoms with Gasteiger partial charge in [-0.25, -0.2) is 0 Å². The van der Waals surface area contributed by atoms with Gasteiger partial charge < -0.3 is 0 Å². The third-order valence-corrected chi connectivity index (χ3v) is 4.68. The molecule has 0 spiro atoms. The van der Waals surface area contributed by atoms with Crippen LogP contribution >= 0.6 is 0 Å². The number of hydrogen-bond donors (Lipinski definition) is 0. The van der Waals surface area contributed by atoms with Crippen molar-refractivity contribution in [1.29, 1.82) is 0 Å². The minimum absolute atomic E-state index is 0.574. The molecule has 0 aliphatic rings. The van der Waals surface area contributed by atoms with Gasteiger partial charge in [0.2, 0.25) is 0 Å². The molecule has 0 heteroatoms. The lowest BCUT2D eigenvalue weighted by atomic mass is 9.95. The first-order valence-corrected chi connectivity index (χ1v) is 11.9. The predicted molar refractivity (Wildman–Crippen MR) is 140 cm³/mol. The molecular formula is C30H44. The van der Waals surface area contributed by atoms with Crippen LogP contribution in [0.15, 0.2) is 72.8 Å². The summed E-state index contributed by atoms with van der Waals surface area (Å²) >= 11 is 0. The first-order valence-electron chi connectivity index (χ1n) is 11.9. The van der Waals surface area contributed by atoms with E-state index in [0.717, 1.165) is 0 Å². The summed E-state index contributed by atoms with van der Waals surface area (Å²) in [6, 6.07) is 26.7. The predicted octanol–water partition coefficient (Wildman–Crippen LogP) is 10.3. The maximum atomic E-state index is 2.29. The maximum absolute atomic E-state index is 2.29. The van der Waals surface area contributed by atoms with Crippen molar-refractivity contribution in [2.75, 3.05) is 0 Å². The molecule has 0 aliphatic heterocycles. The molecule has 0 aliphatic carbocycles. The van der Waals surface area contributed by atoms with Gasteiger partial charge in [0.15, 0.2) is 0 Å². The van der Waals surface area contributed by atoms with Gasteiger partial charge in [-0.15, -0.1) is 0 Å². The molecule has 30 heavy (non-hydrogen) atoms. The second-order valence-electron chi connectivity index (χ2n) is 7.13. The Labute approximate surface area is 187 Å². The van der Waals surface area contributed by atoms with Crippen LogP contribution in [0.5, 0.6) is 0 Å². The quantitative estimate of drug-likeness (QED) is 0.405. The molecule has 3 aromatic carbocycles. The van der Waals surface area contributed by atoms with Crippen LogP contribution in [0.1, 0.15) is 92.2 Å². The average molecular weight is 405 g/mol. The van der Waals surface area contributed by atoms with E-state index >= 15 is 0 Å². The summed E-state index contributed by atoms with van der Waals surface area (Å²) in [6.07, 6.45) is 0. The monoisotopic (exact) mass is 404 g/mol. The SMILES string of the molecule is CC.CC.CC.CC(C)c1ccc(-c2cccc(-c3ccc(C(C)C)cc3)c2)cc1. The molecule has 0 saturated carbocycles. The third-order valence-electron chi connectivity index (χ3n) is 4.68. The highest BCUT2D eigenvalue weighted by Gasteiger charge is 2.04. The fraction of sp³-hybridized carbons (Fsp3) is 0.400. The first-order chi connectivity index (χ1) is 14.5. The molecule has 0 nitrogen and oxygen atoms in total. The van der Waals surface area contributed by atoms with E-state index in [9.17, 15) is 0 Å². The minimum atomic E-state index is 0.574. The van der Waals surface area contributed by atoms with Gasteiger partial charge in [-0.2, -0.15) is 0 Å². The highest BCUT2D eigenvalue weighted by Crippen LogP contribution is 2.28. The Balaban J connectivity index is 0.00000129. The maximum Gasteiger partial charge on any atom is -0.0178 e. The van der Waals surface area contributed by atoms with Crippen molar-refractivity contribution >= 4 is 0 Å². The van der Waals surface area contributed by atoms with Crippen molar-refractivity contribution in [2.24, 2.45) is 0 Å². The van der Waals surface area contributed by atoms with Crippen LogP contribution in [-0.4, -0.2) is 0 Å². The van der Waals surface area contributed by atoms with Crippen molar-refractivity contribution in [1.82, 2.24) is 0 Å². The van der Waals surface area contributed by atoms with Gasteiger partial charge in [0.05, 0.1) is 0 Å². The molecule has 0 heterocycles. The molecule has 0 fully saturated rings. The number of benzene rings is 3. The fourth-order valence-corrected chi connectivity index (χ4v) is 3.00. The van der Waals surface area contributed by atoms with Crippen LogP contribution in [-0.2, 0) is 0 Å². The van der Waals surface area contributed by atoms with E-state index < -0.39 is 0 Å². The van der Waals surface area contributed by atoms with Gasteiger partial charge in [-0.1, -0.05) is 136 Å². The molecule has 3 aromatic rings. The largest absolute Gasteiger partial charge is 0.0683 e. The van der Waals surface area contributed by atoms with E-state index in [-0.39, 0.29) is 0 Å². The van der Waals surface area contributed by atoms with Crippen LogP contribution < -0.4 is 0 Å². The normalized spacial score (nSPS) is 9.60. The lowest BCUT2D eigenvalue weighted by molar-refractivity contribution is 0.867. The molecular weight excluding hydrogens is 360 g/mol. The van der Waals surface area contributed by atoms with Gasteiger partial charge >= 0.3 is 0 Å². The number of rotatable bonds is 4. The summed E-state index contributed by atoms with van der Waals surface area (Å²) in [5.74, 6) is 1.15. The highest BCUT2D eigenvalue weighted by molar-refractivity contribution is 5.73. The Morgan fingerprint density at radius 1 is 0.400 bits per heavy atom. The van der Waals surface area contributed by atoms with Gasteiger partial charge in [0.25, 0.3) is 0 Å². The number of hydrogen-bond acceptors (Lipinski definition) is 0. The third kappa shape index (κ3) is 8.19. The minimum Gasteiger partial charge on any atom is -0.0683 e. The molecule has 0 unspecified atom stereocenters. The summed E-state index contributed by atoms with van der Waals surface area (Å²) in [7, 11) is 0. The van der Waals surface area contributed by atoms with Crippen LogP contribution in [0.2, 0.25) is 0 Å². The van der Waals surface area contributed by atoms with E-state index in [2.05, 4.69) is 100 Å². The first kappa shape index (κ1) is 27.7. The summed E-state index contributed by atoms with van der Waals surface area (Å²) in [5, 5.41) is 0. The zero-order valence-electron chi connectivity index (χ0n) is 21.1. The Hall–Kier alpha value is -2.34. The Bertz CT molecular complexity index is 723. The van der Waals surface area contributed by atoms with Crippen molar-refractivity contribution in [3.05, 3.63) is 83.9 Å². The van der Waals surface area contributed by atoms with Crippen LogP contribution in [0.3, 0.4) is 0 Å². The smallest absolute Gasteiger partial charge is 0.0178 e. The molecule has 0 aromatic heterocycles. The van der Waals surface area contributed by atoms with Gasteiger partial charge in [-0.3, -0.25) is 0 Å². The fourth-order valence-electron chi connectivity index (χ4n) is 3.00. The molecule has 3 rings (SSSR count). The van der Waals surface area contributed by atoms with Crippen molar-refractivity contribution in [2.45, 2.75) is 81.1 Å². The van der Waals surface area contributed by atoms with E-state index in [1.807, 2.05) is 41.5 Å². The van der Waals surface area contributed by atoms with Gasteiger partial charge in [-0.05, 0) is 51.3 Å². The van der Waals surface area contributed by atoms with E-state index in [1.165, 1.54) is 33.4 Å². The molecule has 0 N–H and O–H groups in total. The second-order valence-corrected chi connectivity index (χ2v) is 7.13. The lowest BCUT2D eigenvalue weighted by Gasteiger charge is -2.10. The van der Waals surface area contributed by atoms with Crippen molar-refractivity contribution in [3.8, 4) is 22.3 Å². The topological polar surface area (TPSA) is 0 Å². The van der Waals surface area contributed by atoms with Crippen LogP contribution in [0.25, 0.3) is 22.3 Å². The van der Waals surface area contributed by atoms with Gasteiger partial charge in [0.1, 0.15) is 0 Å². The van der Waals surface area contributed by atoms with Crippen molar-refractivity contribution < 1.29 is 0 Å². The average Bonchev–Trinajstić information content (AvgIpc) is 2.83. The molecule has 0 bridgehead atoms. The van der Waals surface area contributed by atoms with E-state index in [4.69, 9.17) is 0 Å². The van der Waals surface area contributed by atoms with Crippen LogP contribution in [0, 0.1) is 0 Å². The van der Waals surface area contributed by atoms with E-state index in [1.54, 1.807) is 0 Å². The molecule has 0 radical (unpaired) electrons. The van der Waals surface area contributed by atoms with Gasteiger partial charge in [0, 0.05) is 0 Å². The van der Waals surface area contributed by atoms with Crippen LogP contribution in [0.4, 0.5) is 0 Å². The Morgan fingerprint density at radius 3 is 0.967 bits per heavy atom. The molecule has 164 valence electrons.